The average Bonchev–Trinajstić information content (AvgIpc) is 3.21. The van der Waals surface area contributed by atoms with Gasteiger partial charge in [-0.2, -0.15) is 0 Å². The van der Waals surface area contributed by atoms with Crippen LogP contribution in [0.5, 0.6) is 5.75 Å². The Bertz CT molecular complexity index is 1180. The van der Waals surface area contributed by atoms with Crippen molar-refractivity contribution in [1.29, 1.82) is 0 Å². The highest BCUT2D eigenvalue weighted by molar-refractivity contribution is 7.22. The summed E-state index contributed by atoms with van der Waals surface area (Å²) in [5, 5.41) is 11.2. The maximum Gasteiger partial charge on any atom is 0.573 e. The van der Waals surface area contributed by atoms with Crippen LogP contribution in [0.25, 0.3) is 10.2 Å². The number of ether oxygens (including phenoxy) is 2. The van der Waals surface area contributed by atoms with E-state index in [4.69, 9.17) is 4.74 Å². The molecule has 1 amide bonds. The summed E-state index contributed by atoms with van der Waals surface area (Å²) in [6.45, 7) is 3.37. The van der Waals surface area contributed by atoms with E-state index in [-0.39, 0.29) is 23.5 Å². The molecule has 34 heavy (non-hydrogen) atoms. The van der Waals surface area contributed by atoms with Crippen LogP contribution in [0.15, 0.2) is 42.5 Å². The summed E-state index contributed by atoms with van der Waals surface area (Å²) < 4.78 is 47.5. The summed E-state index contributed by atoms with van der Waals surface area (Å²) in [6, 6.07) is 9.00. The molecule has 0 N–H and O–H groups in total. The first-order valence-corrected chi connectivity index (χ1v) is 11.0. The van der Waals surface area contributed by atoms with Crippen LogP contribution in [-0.4, -0.2) is 66.5 Å². The van der Waals surface area contributed by atoms with Gasteiger partial charge in [-0.1, -0.05) is 11.3 Å². The smallest absolute Gasteiger partial charge is 0.406 e. The van der Waals surface area contributed by atoms with Crippen molar-refractivity contribution in [3.05, 3.63) is 58.1 Å². The lowest BCUT2D eigenvalue weighted by atomic mass is 10.2. The van der Waals surface area contributed by atoms with Crippen LogP contribution in [0.2, 0.25) is 0 Å². The Morgan fingerprint density at radius 1 is 1.21 bits per heavy atom. The number of carbonyl (C=O) groups excluding carboxylic acids is 1. The molecule has 0 aliphatic carbocycles. The standard InChI is InChI=1S/C21H19F3N4O5S/c22-21(23,24)33-16-5-6-17-18(13-16)34-20(25-17)27(8-7-26-9-11-32-12-10-26)19(29)14-1-3-15(4-2-14)28(30)31/h1-6,13H,7-12H2. The van der Waals surface area contributed by atoms with E-state index in [0.29, 0.717) is 48.2 Å². The summed E-state index contributed by atoms with van der Waals surface area (Å²) in [5.41, 5.74) is 0.504. The second kappa shape index (κ2) is 9.91. The molecule has 2 heterocycles. The number of thiazole rings is 1. The highest BCUT2D eigenvalue weighted by Gasteiger charge is 2.31. The average molecular weight is 496 g/mol. The van der Waals surface area contributed by atoms with E-state index >= 15 is 0 Å². The molecule has 9 nitrogen and oxygen atoms in total. The number of amides is 1. The van der Waals surface area contributed by atoms with Gasteiger partial charge in [-0.25, -0.2) is 4.98 Å². The number of hydrogen-bond donors (Lipinski definition) is 0. The molecule has 0 spiro atoms. The van der Waals surface area contributed by atoms with Gasteiger partial charge in [-0.05, 0) is 24.3 Å². The number of alkyl halides is 3. The molecule has 0 unspecified atom stereocenters. The summed E-state index contributed by atoms with van der Waals surface area (Å²) in [6.07, 6.45) is -4.82. The van der Waals surface area contributed by atoms with Crippen molar-refractivity contribution in [2.24, 2.45) is 0 Å². The van der Waals surface area contributed by atoms with Crippen molar-refractivity contribution < 1.29 is 32.4 Å². The molecule has 3 aromatic rings. The van der Waals surface area contributed by atoms with E-state index in [9.17, 15) is 28.1 Å². The monoisotopic (exact) mass is 496 g/mol. The number of non-ortho nitro benzene ring substituents is 1. The third-order valence-corrected chi connectivity index (χ3v) is 6.17. The number of carbonyl (C=O) groups is 1. The van der Waals surface area contributed by atoms with Crippen LogP contribution >= 0.6 is 11.3 Å². The van der Waals surface area contributed by atoms with Gasteiger partial charge < -0.3 is 9.47 Å². The first-order valence-electron chi connectivity index (χ1n) is 10.2. The van der Waals surface area contributed by atoms with Crippen molar-refractivity contribution >= 4 is 38.3 Å². The summed E-state index contributed by atoms with van der Waals surface area (Å²) in [5.74, 6) is -0.800. The van der Waals surface area contributed by atoms with E-state index in [1.807, 2.05) is 0 Å². The number of anilines is 1. The van der Waals surface area contributed by atoms with E-state index in [1.54, 1.807) is 0 Å². The topological polar surface area (TPSA) is 98.0 Å². The molecular formula is C21H19F3N4O5S. The number of fused-ring (bicyclic) bond motifs is 1. The van der Waals surface area contributed by atoms with Crippen molar-refractivity contribution in [2.75, 3.05) is 44.3 Å². The number of aromatic nitrogens is 1. The third-order valence-electron chi connectivity index (χ3n) is 5.13. The normalized spacial score (nSPS) is 14.8. The molecule has 180 valence electrons. The lowest BCUT2D eigenvalue weighted by molar-refractivity contribution is -0.384. The van der Waals surface area contributed by atoms with Crippen molar-refractivity contribution in [3.63, 3.8) is 0 Å². The number of rotatable bonds is 7. The van der Waals surface area contributed by atoms with Gasteiger partial charge in [-0.3, -0.25) is 24.7 Å². The quantitative estimate of drug-likeness (QED) is 0.359. The lowest BCUT2D eigenvalue weighted by Gasteiger charge is -2.29. The SMILES string of the molecule is O=C(c1ccc([N+](=O)[O-])cc1)N(CCN1CCOCC1)c1nc2ccc(OC(F)(F)F)cc2s1. The number of nitrogens with zero attached hydrogens (tertiary/aromatic N) is 4. The zero-order valence-corrected chi connectivity index (χ0v) is 18.5. The van der Waals surface area contributed by atoms with Crippen LogP contribution in [-0.2, 0) is 4.74 Å². The maximum absolute atomic E-state index is 13.3. The van der Waals surface area contributed by atoms with E-state index in [0.717, 1.165) is 17.4 Å². The molecule has 1 aliphatic heterocycles. The zero-order chi connectivity index (χ0) is 24.3. The molecule has 4 rings (SSSR count). The minimum absolute atomic E-state index is 0.145. The first-order chi connectivity index (χ1) is 16.2. The molecular weight excluding hydrogens is 477 g/mol. The Balaban J connectivity index is 1.62. The fourth-order valence-corrected chi connectivity index (χ4v) is 4.46. The molecule has 0 radical (unpaired) electrons. The predicted molar refractivity (Wildman–Crippen MR) is 118 cm³/mol. The van der Waals surface area contributed by atoms with Gasteiger partial charge in [0.1, 0.15) is 5.75 Å². The number of halogens is 3. The fraction of sp³-hybridized carbons (Fsp3) is 0.333. The Labute approximate surface area is 195 Å². The minimum Gasteiger partial charge on any atom is -0.406 e. The molecule has 13 heteroatoms. The van der Waals surface area contributed by atoms with Crippen molar-refractivity contribution in [1.82, 2.24) is 9.88 Å². The number of nitro groups is 1. The molecule has 1 fully saturated rings. The number of morpholine rings is 1. The molecule has 1 saturated heterocycles. The Kier molecular flexibility index (Phi) is 6.95. The Morgan fingerprint density at radius 3 is 2.56 bits per heavy atom. The van der Waals surface area contributed by atoms with Crippen LogP contribution in [0.4, 0.5) is 24.0 Å². The van der Waals surface area contributed by atoms with Crippen LogP contribution in [0.3, 0.4) is 0 Å². The van der Waals surface area contributed by atoms with Crippen molar-refractivity contribution in [2.45, 2.75) is 6.36 Å². The molecule has 0 bridgehead atoms. The highest BCUT2D eigenvalue weighted by atomic mass is 32.1. The Morgan fingerprint density at radius 2 is 1.91 bits per heavy atom. The third kappa shape index (κ3) is 5.79. The van der Waals surface area contributed by atoms with Crippen LogP contribution < -0.4 is 9.64 Å². The Hall–Kier alpha value is -3.29. The van der Waals surface area contributed by atoms with E-state index < -0.39 is 17.2 Å². The van der Waals surface area contributed by atoms with Gasteiger partial charge >= 0.3 is 6.36 Å². The number of hydrogen-bond acceptors (Lipinski definition) is 8. The minimum atomic E-state index is -4.82. The van der Waals surface area contributed by atoms with Gasteiger partial charge in [0, 0.05) is 49.9 Å². The number of benzene rings is 2. The molecule has 1 aliphatic rings. The zero-order valence-electron chi connectivity index (χ0n) is 17.7. The van der Waals surface area contributed by atoms with Gasteiger partial charge in [0.15, 0.2) is 5.13 Å². The van der Waals surface area contributed by atoms with Crippen LogP contribution in [0, 0.1) is 10.1 Å². The maximum atomic E-state index is 13.3. The van der Waals surface area contributed by atoms with Gasteiger partial charge in [0.05, 0.1) is 28.4 Å². The summed E-state index contributed by atoms with van der Waals surface area (Å²) in [7, 11) is 0. The summed E-state index contributed by atoms with van der Waals surface area (Å²) >= 11 is 1.06. The number of nitro benzene ring substituents is 1. The first kappa shape index (κ1) is 23.9. The largest absolute Gasteiger partial charge is 0.573 e. The molecule has 0 saturated carbocycles. The van der Waals surface area contributed by atoms with Gasteiger partial charge in [0.2, 0.25) is 0 Å². The van der Waals surface area contributed by atoms with Gasteiger partial charge in [0.25, 0.3) is 11.6 Å². The van der Waals surface area contributed by atoms with Gasteiger partial charge in [-0.15, -0.1) is 13.2 Å². The molecule has 2 aromatic carbocycles. The second-order valence-electron chi connectivity index (χ2n) is 7.39. The lowest BCUT2D eigenvalue weighted by Crippen LogP contribution is -2.43. The molecule has 0 atom stereocenters. The fourth-order valence-electron chi connectivity index (χ4n) is 3.44. The molecule has 1 aromatic heterocycles. The van der Waals surface area contributed by atoms with E-state index in [1.165, 1.54) is 41.3 Å². The highest BCUT2D eigenvalue weighted by Crippen LogP contribution is 2.34. The second-order valence-corrected chi connectivity index (χ2v) is 8.40. The van der Waals surface area contributed by atoms with Crippen LogP contribution in [0.1, 0.15) is 10.4 Å². The van der Waals surface area contributed by atoms with Crippen molar-refractivity contribution in [3.8, 4) is 5.75 Å². The van der Waals surface area contributed by atoms with E-state index in [2.05, 4.69) is 14.6 Å². The summed E-state index contributed by atoms with van der Waals surface area (Å²) in [4.78, 5) is 31.7. The predicted octanol–water partition coefficient (Wildman–Crippen LogP) is 4.08.